The molecule has 1 aliphatic heterocycles. The van der Waals surface area contributed by atoms with Crippen LogP contribution in [0.4, 0.5) is 5.13 Å². The van der Waals surface area contributed by atoms with Gasteiger partial charge in [-0.3, -0.25) is 4.79 Å². The van der Waals surface area contributed by atoms with Gasteiger partial charge in [-0.05, 0) is 23.6 Å². The van der Waals surface area contributed by atoms with Crippen molar-refractivity contribution in [1.82, 2.24) is 19.9 Å². The molecule has 5 rings (SSSR count). The number of amides is 1. The fourth-order valence-electron chi connectivity index (χ4n) is 3.21. The van der Waals surface area contributed by atoms with Crippen molar-refractivity contribution in [3.05, 3.63) is 46.9 Å². The standard InChI is InChI=1S/C19H17N5OS3/c25-16(11-13-12-27-18(21-13)15-4-2-10-26-15)23-6-8-24(9-7-23)19-22-14-3-1-5-20-17(14)28-19/h1-5,10,12H,6-9,11H2. The molecular weight excluding hydrogens is 410 g/mol. The van der Waals surface area contributed by atoms with Crippen molar-refractivity contribution in [3.63, 3.8) is 0 Å². The van der Waals surface area contributed by atoms with Gasteiger partial charge in [0.2, 0.25) is 5.91 Å². The molecule has 1 saturated heterocycles. The zero-order chi connectivity index (χ0) is 18.9. The molecule has 5 heterocycles. The summed E-state index contributed by atoms with van der Waals surface area (Å²) in [7, 11) is 0. The summed E-state index contributed by atoms with van der Waals surface area (Å²) in [5.74, 6) is 0.147. The van der Waals surface area contributed by atoms with Gasteiger partial charge in [0.25, 0.3) is 0 Å². The second-order valence-corrected chi connectivity index (χ2v) is 9.25. The molecule has 0 spiro atoms. The molecular formula is C19H17N5OS3. The topological polar surface area (TPSA) is 62.2 Å². The van der Waals surface area contributed by atoms with Gasteiger partial charge in [0.05, 0.1) is 17.0 Å². The molecule has 0 aliphatic carbocycles. The Kier molecular flexibility index (Phi) is 4.79. The fourth-order valence-corrected chi connectivity index (χ4v) is 5.80. The first-order valence-corrected chi connectivity index (χ1v) is 11.6. The van der Waals surface area contributed by atoms with E-state index in [2.05, 4.69) is 25.9 Å². The maximum absolute atomic E-state index is 12.7. The van der Waals surface area contributed by atoms with Gasteiger partial charge in [0.1, 0.15) is 15.4 Å². The number of piperazine rings is 1. The number of pyridine rings is 1. The van der Waals surface area contributed by atoms with E-state index in [1.165, 1.54) is 0 Å². The molecule has 4 aromatic heterocycles. The minimum atomic E-state index is 0.147. The molecule has 9 heteroatoms. The number of nitrogens with zero attached hydrogens (tertiary/aromatic N) is 5. The van der Waals surface area contributed by atoms with Crippen molar-refractivity contribution in [2.75, 3.05) is 31.1 Å². The summed E-state index contributed by atoms with van der Waals surface area (Å²) in [4.78, 5) is 32.7. The van der Waals surface area contributed by atoms with Crippen LogP contribution in [0.25, 0.3) is 20.2 Å². The first kappa shape index (κ1) is 17.7. The van der Waals surface area contributed by atoms with E-state index >= 15 is 0 Å². The second kappa shape index (κ2) is 7.57. The molecule has 0 N–H and O–H groups in total. The maximum Gasteiger partial charge on any atom is 0.228 e. The third-order valence-electron chi connectivity index (χ3n) is 4.67. The Morgan fingerprint density at radius 1 is 1.07 bits per heavy atom. The molecule has 0 bridgehead atoms. The van der Waals surface area contributed by atoms with Crippen LogP contribution in [0.15, 0.2) is 41.2 Å². The van der Waals surface area contributed by atoms with Gasteiger partial charge in [-0.15, -0.1) is 22.7 Å². The minimum absolute atomic E-state index is 0.147. The lowest BCUT2D eigenvalue weighted by atomic mass is 10.2. The number of hydrogen-bond donors (Lipinski definition) is 0. The molecule has 142 valence electrons. The first-order chi connectivity index (χ1) is 13.8. The highest BCUT2D eigenvalue weighted by Crippen LogP contribution is 2.29. The number of fused-ring (bicyclic) bond motifs is 1. The number of carbonyl (C=O) groups is 1. The van der Waals surface area contributed by atoms with Gasteiger partial charge in [-0.25, -0.2) is 15.0 Å². The number of anilines is 1. The molecule has 28 heavy (non-hydrogen) atoms. The molecule has 6 nitrogen and oxygen atoms in total. The predicted molar refractivity (Wildman–Crippen MR) is 115 cm³/mol. The zero-order valence-electron chi connectivity index (χ0n) is 14.9. The smallest absolute Gasteiger partial charge is 0.228 e. The maximum atomic E-state index is 12.7. The molecule has 0 saturated carbocycles. The van der Waals surface area contributed by atoms with Gasteiger partial charge in [-0.1, -0.05) is 17.4 Å². The van der Waals surface area contributed by atoms with E-state index in [4.69, 9.17) is 0 Å². The number of thiophene rings is 1. The molecule has 1 fully saturated rings. The van der Waals surface area contributed by atoms with Crippen molar-refractivity contribution in [2.45, 2.75) is 6.42 Å². The van der Waals surface area contributed by atoms with Crippen molar-refractivity contribution in [3.8, 4) is 9.88 Å². The summed E-state index contributed by atoms with van der Waals surface area (Å²) in [6, 6.07) is 7.98. The number of thiazole rings is 2. The quantitative estimate of drug-likeness (QED) is 0.496. The van der Waals surface area contributed by atoms with Crippen molar-refractivity contribution < 1.29 is 4.79 Å². The molecule has 1 aliphatic rings. The summed E-state index contributed by atoms with van der Waals surface area (Å²) in [6.07, 6.45) is 2.16. The van der Waals surface area contributed by atoms with Gasteiger partial charge >= 0.3 is 0 Å². The number of hydrogen-bond acceptors (Lipinski definition) is 8. The van der Waals surface area contributed by atoms with E-state index in [1.807, 2.05) is 33.9 Å². The number of rotatable bonds is 4. The van der Waals surface area contributed by atoms with E-state index < -0.39 is 0 Å². The number of carbonyl (C=O) groups excluding carboxylic acids is 1. The van der Waals surface area contributed by atoms with Crippen molar-refractivity contribution in [1.29, 1.82) is 0 Å². The highest BCUT2D eigenvalue weighted by Gasteiger charge is 2.24. The Morgan fingerprint density at radius 3 is 2.75 bits per heavy atom. The van der Waals surface area contributed by atoms with Crippen LogP contribution in [0.1, 0.15) is 5.69 Å². The van der Waals surface area contributed by atoms with E-state index in [0.29, 0.717) is 19.5 Å². The Balaban J connectivity index is 1.20. The van der Waals surface area contributed by atoms with E-state index in [0.717, 1.165) is 44.1 Å². The summed E-state index contributed by atoms with van der Waals surface area (Å²) < 4.78 is 0. The average Bonchev–Trinajstić information content (AvgIpc) is 3.47. The average molecular weight is 428 g/mol. The van der Waals surface area contributed by atoms with E-state index in [-0.39, 0.29) is 5.91 Å². The van der Waals surface area contributed by atoms with Crippen LogP contribution in [0.2, 0.25) is 0 Å². The summed E-state index contributed by atoms with van der Waals surface area (Å²) in [6.45, 7) is 3.01. The summed E-state index contributed by atoms with van der Waals surface area (Å²) in [5.41, 5.74) is 1.80. The Hall–Kier alpha value is -2.36. The van der Waals surface area contributed by atoms with E-state index in [9.17, 15) is 4.79 Å². The molecule has 1 amide bonds. The van der Waals surface area contributed by atoms with Crippen molar-refractivity contribution >= 4 is 55.4 Å². The van der Waals surface area contributed by atoms with Crippen LogP contribution in [-0.2, 0) is 11.2 Å². The third kappa shape index (κ3) is 3.52. The lowest BCUT2D eigenvalue weighted by molar-refractivity contribution is -0.130. The number of aromatic nitrogens is 3. The van der Waals surface area contributed by atoms with Crippen LogP contribution in [-0.4, -0.2) is 51.9 Å². The zero-order valence-corrected chi connectivity index (χ0v) is 17.4. The molecule has 0 unspecified atom stereocenters. The Morgan fingerprint density at radius 2 is 1.96 bits per heavy atom. The second-order valence-electron chi connectivity index (χ2n) is 6.49. The van der Waals surface area contributed by atoms with Gasteiger partial charge in [0, 0.05) is 37.8 Å². The molecule has 0 radical (unpaired) electrons. The van der Waals surface area contributed by atoms with Crippen molar-refractivity contribution in [2.24, 2.45) is 0 Å². The highest BCUT2D eigenvalue weighted by molar-refractivity contribution is 7.21. The van der Waals surface area contributed by atoms with Crippen LogP contribution in [0.3, 0.4) is 0 Å². The highest BCUT2D eigenvalue weighted by atomic mass is 32.1. The van der Waals surface area contributed by atoms with Crippen LogP contribution in [0, 0.1) is 0 Å². The van der Waals surface area contributed by atoms with Crippen LogP contribution >= 0.6 is 34.0 Å². The fraction of sp³-hybridized carbons (Fsp3) is 0.263. The lowest BCUT2D eigenvalue weighted by Crippen LogP contribution is -2.49. The first-order valence-electron chi connectivity index (χ1n) is 8.99. The Labute approximate surface area is 174 Å². The lowest BCUT2D eigenvalue weighted by Gasteiger charge is -2.34. The third-order valence-corrected chi connectivity index (χ3v) is 7.64. The molecule has 4 aromatic rings. The molecule has 0 aromatic carbocycles. The van der Waals surface area contributed by atoms with Crippen LogP contribution in [0.5, 0.6) is 0 Å². The van der Waals surface area contributed by atoms with E-state index in [1.54, 1.807) is 40.2 Å². The van der Waals surface area contributed by atoms with Gasteiger partial charge in [-0.2, -0.15) is 0 Å². The summed E-state index contributed by atoms with van der Waals surface area (Å²) >= 11 is 4.89. The van der Waals surface area contributed by atoms with Gasteiger partial charge in [0.15, 0.2) is 5.13 Å². The predicted octanol–water partition coefficient (Wildman–Crippen LogP) is 3.77. The van der Waals surface area contributed by atoms with Crippen LogP contribution < -0.4 is 4.90 Å². The summed E-state index contributed by atoms with van der Waals surface area (Å²) in [5, 5.41) is 6.02. The minimum Gasteiger partial charge on any atom is -0.344 e. The Bertz CT molecular complexity index is 1060. The molecule has 0 atom stereocenters. The SMILES string of the molecule is O=C(Cc1csc(-c2cccs2)n1)N1CCN(c2nc3cccnc3s2)CC1. The largest absolute Gasteiger partial charge is 0.344 e. The van der Waals surface area contributed by atoms with Gasteiger partial charge < -0.3 is 9.80 Å². The normalized spacial score (nSPS) is 14.7. The monoisotopic (exact) mass is 427 g/mol.